The van der Waals surface area contributed by atoms with Crippen LogP contribution in [0.4, 0.5) is 0 Å². The Morgan fingerprint density at radius 2 is 1.96 bits per heavy atom. The van der Waals surface area contributed by atoms with Crippen molar-refractivity contribution in [3.8, 4) is 17.4 Å². The third kappa shape index (κ3) is 5.60. The molecule has 0 radical (unpaired) electrons. The fourth-order valence-corrected chi connectivity index (χ4v) is 1.93. The van der Waals surface area contributed by atoms with Crippen LogP contribution in [0.1, 0.15) is 18.4 Å². The number of ether oxygens (including phenoxy) is 2. The summed E-state index contributed by atoms with van der Waals surface area (Å²) in [6.45, 7) is 0.952. The van der Waals surface area contributed by atoms with Crippen LogP contribution >= 0.6 is 0 Å². The Kier molecular flexibility index (Phi) is 6.38. The van der Waals surface area contributed by atoms with Gasteiger partial charge in [0.1, 0.15) is 11.5 Å². The number of nitrogens with one attached hydrogen (secondary N) is 1. The lowest BCUT2D eigenvalue weighted by Gasteiger charge is -2.08. The van der Waals surface area contributed by atoms with Crippen molar-refractivity contribution >= 4 is 5.91 Å². The number of carbonyl (C=O) groups excluding carboxylic acids is 1. The third-order valence-electron chi connectivity index (χ3n) is 3.18. The minimum atomic E-state index is -0.00937. The van der Waals surface area contributed by atoms with Crippen LogP contribution in [0.15, 0.2) is 42.6 Å². The maximum absolute atomic E-state index is 11.6. The number of nitrogens with zero attached hydrogens (tertiary/aromatic N) is 1. The van der Waals surface area contributed by atoms with Crippen LogP contribution in [0.5, 0.6) is 17.4 Å². The van der Waals surface area contributed by atoms with E-state index in [0.29, 0.717) is 37.6 Å². The molecule has 0 bridgehead atoms. The highest BCUT2D eigenvalue weighted by atomic mass is 16.5. The largest absolute Gasteiger partial charge is 0.497 e. The molecule has 6 heteroatoms. The summed E-state index contributed by atoms with van der Waals surface area (Å²) in [7, 11) is 1.61. The van der Waals surface area contributed by atoms with Gasteiger partial charge in [-0.2, -0.15) is 0 Å². The van der Waals surface area contributed by atoms with Crippen molar-refractivity contribution in [1.82, 2.24) is 10.3 Å². The molecule has 0 fully saturated rings. The average Bonchev–Trinajstić information content (AvgIpc) is 2.59. The third-order valence-corrected chi connectivity index (χ3v) is 3.18. The van der Waals surface area contributed by atoms with Crippen LogP contribution in [-0.4, -0.2) is 24.5 Å². The lowest BCUT2D eigenvalue weighted by Crippen LogP contribution is -2.23. The first-order chi connectivity index (χ1) is 11.2. The van der Waals surface area contributed by atoms with Gasteiger partial charge < -0.3 is 20.5 Å². The van der Waals surface area contributed by atoms with E-state index in [9.17, 15) is 4.79 Å². The van der Waals surface area contributed by atoms with Gasteiger partial charge >= 0.3 is 0 Å². The molecule has 0 aliphatic carbocycles. The summed E-state index contributed by atoms with van der Waals surface area (Å²) >= 11 is 0. The molecular formula is C17H21N3O3. The van der Waals surface area contributed by atoms with Gasteiger partial charge in [0.2, 0.25) is 11.8 Å². The van der Waals surface area contributed by atoms with Gasteiger partial charge in [0.15, 0.2) is 0 Å². The molecule has 2 rings (SSSR count). The van der Waals surface area contributed by atoms with E-state index in [0.717, 1.165) is 11.3 Å². The van der Waals surface area contributed by atoms with E-state index in [4.69, 9.17) is 15.2 Å². The molecule has 1 amide bonds. The fraction of sp³-hybridized carbons (Fsp3) is 0.294. The fourth-order valence-electron chi connectivity index (χ4n) is 1.93. The Labute approximate surface area is 135 Å². The quantitative estimate of drug-likeness (QED) is 0.780. The Hall–Kier alpha value is -2.60. The second-order valence-electron chi connectivity index (χ2n) is 4.95. The lowest BCUT2D eigenvalue weighted by atomic mass is 10.2. The zero-order valence-electron chi connectivity index (χ0n) is 13.1. The summed E-state index contributed by atoms with van der Waals surface area (Å²) in [6, 6.07) is 10.9. The Bertz CT molecular complexity index is 629. The molecule has 122 valence electrons. The Balaban J connectivity index is 1.92. The molecule has 1 aromatic carbocycles. The van der Waals surface area contributed by atoms with Crippen molar-refractivity contribution < 1.29 is 14.3 Å². The number of rotatable bonds is 8. The smallest absolute Gasteiger partial charge is 0.220 e. The van der Waals surface area contributed by atoms with Gasteiger partial charge in [-0.25, -0.2) is 4.98 Å². The van der Waals surface area contributed by atoms with Crippen molar-refractivity contribution in [1.29, 1.82) is 0 Å². The van der Waals surface area contributed by atoms with Gasteiger partial charge in [0, 0.05) is 25.2 Å². The van der Waals surface area contributed by atoms with Crippen molar-refractivity contribution in [2.75, 3.05) is 13.7 Å². The van der Waals surface area contributed by atoms with E-state index in [1.807, 2.05) is 30.3 Å². The zero-order valence-corrected chi connectivity index (χ0v) is 13.1. The van der Waals surface area contributed by atoms with E-state index < -0.39 is 0 Å². The van der Waals surface area contributed by atoms with Crippen LogP contribution in [0.25, 0.3) is 0 Å². The highest BCUT2D eigenvalue weighted by molar-refractivity contribution is 5.75. The molecule has 6 nitrogen and oxygen atoms in total. The van der Waals surface area contributed by atoms with Crippen molar-refractivity contribution in [3.63, 3.8) is 0 Å². The normalized spacial score (nSPS) is 10.2. The number of hydrogen-bond donors (Lipinski definition) is 2. The molecule has 23 heavy (non-hydrogen) atoms. The van der Waals surface area contributed by atoms with Crippen molar-refractivity contribution in [2.45, 2.75) is 19.4 Å². The second-order valence-corrected chi connectivity index (χ2v) is 4.95. The summed E-state index contributed by atoms with van der Waals surface area (Å²) in [6.07, 6.45) is 2.78. The number of amides is 1. The average molecular weight is 315 g/mol. The molecule has 2 aromatic rings. The molecular weight excluding hydrogens is 294 g/mol. The van der Waals surface area contributed by atoms with Crippen LogP contribution in [-0.2, 0) is 11.3 Å². The molecule has 1 aromatic heterocycles. The number of hydrogen-bond acceptors (Lipinski definition) is 5. The van der Waals surface area contributed by atoms with Crippen LogP contribution in [0, 0.1) is 0 Å². The Morgan fingerprint density at radius 1 is 1.22 bits per heavy atom. The van der Waals surface area contributed by atoms with E-state index in [1.165, 1.54) is 0 Å². The SMILES string of the molecule is COc1ccc(Oc2cc(CNC(=O)CCCN)ccn2)cc1. The molecule has 0 unspecified atom stereocenters. The van der Waals surface area contributed by atoms with Crippen LogP contribution < -0.4 is 20.5 Å². The first kappa shape index (κ1) is 16.8. The number of benzene rings is 1. The molecule has 1 heterocycles. The molecule has 3 N–H and O–H groups in total. The zero-order chi connectivity index (χ0) is 16.5. The molecule has 0 aliphatic heterocycles. The van der Waals surface area contributed by atoms with Gasteiger partial charge in [-0.15, -0.1) is 0 Å². The topological polar surface area (TPSA) is 86.5 Å². The van der Waals surface area contributed by atoms with E-state index in [2.05, 4.69) is 10.3 Å². The molecule has 0 atom stereocenters. The second kappa shape index (κ2) is 8.75. The summed E-state index contributed by atoms with van der Waals surface area (Å²) < 4.78 is 10.8. The number of methoxy groups -OCH3 is 1. The summed E-state index contributed by atoms with van der Waals surface area (Å²) in [4.78, 5) is 15.8. The summed E-state index contributed by atoms with van der Waals surface area (Å²) in [5.41, 5.74) is 6.30. The number of nitrogens with two attached hydrogens (primary N) is 1. The molecule has 0 spiro atoms. The minimum absolute atomic E-state index is 0.00937. The number of pyridine rings is 1. The van der Waals surface area contributed by atoms with Gasteiger partial charge in [-0.05, 0) is 48.9 Å². The van der Waals surface area contributed by atoms with Crippen molar-refractivity contribution in [2.24, 2.45) is 5.73 Å². The van der Waals surface area contributed by atoms with E-state index >= 15 is 0 Å². The van der Waals surface area contributed by atoms with Crippen LogP contribution in [0.3, 0.4) is 0 Å². The summed E-state index contributed by atoms with van der Waals surface area (Å²) in [5.74, 6) is 1.90. The minimum Gasteiger partial charge on any atom is -0.497 e. The Morgan fingerprint density at radius 3 is 2.65 bits per heavy atom. The highest BCUT2D eigenvalue weighted by Crippen LogP contribution is 2.22. The monoisotopic (exact) mass is 315 g/mol. The lowest BCUT2D eigenvalue weighted by molar-refractivity contribution is -0.121. The van der Waals surface area contributed by atoms with E-state index in [1.54, 1.807) is 19.4 Å². The van der Waals surface area contributed by atoms with Gasteiger partial charge in [0.05, 0.1) is 7.11 Å². The predicted molar refractivity (Wildman–Crippen MR) is 87.4 cm³/mol. The predicted octanol–water partition coefficient (Wildman–Crippen LogP) is 2.24. The first-order valence-corrected chi connectivity index (χ1v) is 7.45. The van der Waals surface area contributed by atoms with Gasteiger partial charge in [-0.1, -0.05) is 0 Å². The first-order valence-electron chi connectivity index (χ1n) is 7.45. The molecule has 0 aliphatic rings. The molecule has 0 saturated carbocycles. The standard InChI is InChI=1S/C17H21N3O3/c1-22-14-4-6-15(7-5-14)23-17-11-13(8-10-19-17)12-20-16(21)3-2-9-18/h4-8,10-11H,2-3,9,12,18H2,1H3,(H,20,21). The number of carbonyl (C=O) groups is 1. The maximum atomic E-state index is 11.6. The highest BCUT2D eigenvalue weighted by Gasteiger charge is 2.04. The summed E-state index contributed by atoms with van der Waals surface area (Å²) in [5, 5.41) is 2.85. The van der Waals surface area contributed by atoms with E-state index in [-0.39, 0.29) is 5.91 Å². The van der Waals surface area contributed by atoms with Gasteiger partial charge in [-0.3, -0.25) is 4.79 Å². The van der Waals surface area contributed by atoms with Crippen LogP contribution in [0.2, 0.25) is 0 Å². The molecule has 0 saturated heterocycles. The maximum Gasteiger partial charge on any atom is 0.220 e. The number of aromatic nitrogens is 1. The van der Waals surface area contributed by atoms with Crippen molar-refractivity contribution in [3.05, 3.63) is 48.2 Å². The van der Waals surface area contributed by atoms with Gasteiger partial charge in [0.25, 0.3) is 0 Å².